The number of halogens is 12. The fourth-order valence-corrected chi connectivity index (χ4v) is 24.1. The van der Waals surface area contributed by atoms with Crippen LogP contribution in [0.4, 0.5) is 52.7 Å². The second-order valence-corrected chi connectivity index (χ2v) is 40.2. The highest BCUT2D eigenvalue weighted by atomic mass is 32.3. The van der Waals surface area contributed by atoms with Crippen LogP contribution in [0.15, 0.2) is 316 Å². The molecule has 3 aliphatic rings. The minimum atomic E-state index is -6.60. The molecule has 580 valence electrons. The van der Waals surface area contributed by atoms with Gasteiger partial charge in [0.15, 0.2) is 53.9 Å². The molecule has 0 radical (unpaired) electrons. The number of Topliss-reactive ketones (excluding diaryl/α,β-unsaturated/α-hetero) is 1. The molecule has 2 unspecified atom stereocenters. The molecule has 0 aromatic heterocycles. The van der Waals surface area contributed by atoms with E-state index >= 15 is 0 Å². The first-order valence-corrected chi connectivity index (χ1v) is 44.0. The summed E-state index contributed by atoms with van der Waals surface area (Å²) in [7, 11) is -29.9. The summed E-state index contributed by atoms with van der Waals surface area (Å²) in [6.07, 6.45) is 9.14. The number of alkyl halides is 12. The summed E-state index contributed by atoms with van der Waals surface area (Å²) >= 11 is 0. The van der Waals surface area contributed by atoms with Crippen molar-refractivity contribution < 1.29 is 99.6 Å². The number of carbonyl (C=O) groups is 1. The zero-order chi connectivity index (χ0) is 79.6. The van der Waals surface area contributed by atoms with E-state index in [1.165, 1.54) is 45.6 Å². The normalized spacial score (nSPS) is 16.9. The van der Waals surface area contributed by atoms with Crippen LogP contribution in [-0.2, 0) is 87.4 Å². The maximum absolute atomic E-state index is 13.0. The van der Waals surface area contributed by atoms with Crippen molar-refractivity contribution in [2.45, 2.75) is 155 Å². The Labute approximate surface area is 630 Å². The zero-order valence-corrected chi connectivity index (χ0v) is 64.2. The van der Waals surface area contributed by atoms with E-state index in [1.54, 1.807) is 0 Å². The van der Waals surface area contributed by atoms with Crippen LogP contribution in [0, 0.1) is 16.7 Å². The highest BCUT2D eigenvalue weighted by Gasteiger charge is 2.63. The molecule has 3 aliphatic carbocycles. The lowest BCUT2D eigenvalue weighted by atomic mass is 9.67. The van der Waals surface area contributed by atoms with Crippen molar-refractivity contribution in [3.05, 3.63) is 267 Å². The minimum absolute atomic E-state index is 0.0146. The lowest BCUT2D eigenvalue weighted by Crippen LogP contribution is -2.45. The van der Waals surface area contributed by atoms with Crippen LogP contribution >= 0.6 is 0 Å². The smallest absolute Gasteiger partial charge is 0.299 e. The molecule has 2 bridgehead atoms. The molecule has 12 rings (SSSR count). The fraction of sp³-hybridized carbons (Fsp3) is 0.267. The van der Waals surface area contributed by atoms with Gasteiger partial charge in [-0.3, -0.25) is 4.79 Å². The third kappa shape index (κ3) is 22.4. The van der Waals surface area contributed by atoms with Crippen molar-refractivity contribution in [2.75, 3.05) is 0 Å². The van der Waals surface area contributed by atoms with Crippen LogP contribution in [0.5, 0.6) is 0 Å². The van der Waals surface area contributed by atoms with Gasteiger partial charge >= 0.3 is 62.1 Å². The Kier molecular flexibility index (Phi) is 30.1. The second kappa shape index (κ2) is 37.0. The molecule has 2 N–H and O–H groups in total. The molecule has 3 fully saturated rings. The molecular formula is C75H75F12N2O11S8+3. The Morgan fingerprint density at radius 1 is 0.343 bits per heavy atom. The first kappa shape index (κ1) is 87.8. The first-order valence-electron chi connectivity index (χ1n) is 32.8. The van der Waals surface area contributed by atoms with Gasteiger partial charge in [0.1, 0.15) is 5.78 Å². The van der Waals surface area contributed by atoms with Crippen molar-refractivity contribution in [3.8, 4) is 0 Å². The molecule has 2 atom stereocenters. The topological polar surface area (TPSA) is 212 Å². The van der Waals surface area contributed by atoms with Crippen LogP contribution in [0.2, 0.25) is 0 Å². The number of sulfonamides is 4. The molecule has 3 saturated carbocycles. The average Bonchev–Trinajstić information content (AvgIpc) is 1.56. The van der Waals surface area contributed by atoms with Gasteiger partial charge in [-0.1, -0.05) is 194 Å². The van der Waals surface area contributed by atoms with Crippen molar-refractivity contribution in [1.82, 2.24) is 8.25 Å². The third-order valence-electron chi connectivity index (χ3n) is 17.6. The minimum Gasteiger partial charge on any atom is -0.299 e. The molecule has 0 spiro atoms. The van der Waals surface area contributed by atoms with Gasteiger partial charge in [0.2, 0.25) is 0 Å². The molecular weight excluding hydrogens is 1590 g/mol. The van der Waals surface area contributed by atoms with Gasteiger partial charge in [-0.05, 0) is 165 Å². The van der Waals surface area contributed by atoms with E-state index in [0.29, 0.717) is 22.0 Å². The quantitative estimate of drug-likeness (QED) is 0.0686. The van der Waals surface area contributed by atoms with Crippen molar-refractivity contribution in [3.63, 3.8) is 0 Å². The molecule has 0 amide bonds. The van der Waals surface area contributed by atoms with Gasteiger partial charge in [-0.2, -0.15) is 52.7 Å². The van der Waals surface area contributed by atoms with Gasteiger partial charge in [0.25, 0.3) is 0 Å². The molecule has 0 saturated heterocycles. The van der Waals surface area contributed by atoms with Gasteiger partial charge in [-0.25, -0.2) is 42.1 Å². The van der Waals surface area contributed by atoms with E-state index in [2.05, 4.69) is 251 Å². The summed E-state index contributed by atoms with van der Waals surface area (Å²) in [5.74, 6) is 1.23. The van der Waals surface area contributed by atoms with E-state index in [1.807, 2.05) is 36.4 Å². The SMILES string of the molecule is CCC12CCC(CC1=O)C2(C)C.O=S(=O)(NS(=O)(=O)C(F)(F)F)C(F)(F)F.O=S(=O)(NS(=O)(=O)C(F)(F)F)C(F)(F)F.O=S(=O)(c1ccc([S+](c2ccccc2)c2ccccc2)cc1)C1CCCCC1.c1ccc([S+](c2ccccc2)c2ccccc2)cc1.c1ccc([S+](c2ccccc2)c2ccccc2)cc1. The van der Waals surface area contributed by atoms with Gasteiger partial charge in [0, 0.05) is 11.8 Å². The Bertz CT molecular complexity index is 4420. The van der Waals surface area contributed by atoms with Crippen LogP contribution in [0.1, 0.15) is 78.6 Å². The number of carbonyl (C=O) groups excluding carboxylic acids is 1. The highest BCUT2D eigenvalue weighted by molar-refractivity contribution is 8.06. The van der Waals surface area contributed by atoms with Crippen LogP contribution < -0.4 is 8.25 Å². The molecule has 0 heterocycles. The number of sulfone groups is 1. The number of hydrogen-bond donors (Lipinski definition) is 2. The number of nitrogens with one attached hydrogen (secondary N) is 2. The van der Waals surface area contributed by atoms with Crippen LogP contribution in [-0.4, -0.2) is 75.2 Å². The first-order chi connectivity index (χ1) is 50.5. The Balaban J connectivity index is 0.000000185. The molecule has 33 heteroatoms. The Hall–Kier alpha value is -7.47. The number of ketones is 1. The maximum Gasteiger partial charge on any atom is 0.512 e. The van der Waals surface area contributed by atoms with Gasteiger partial charge < -0.3 is 0 Å². The molecule has 9 aromatic rings. The van der Waals surface area contributed by atoms with E-state index in [4.69, 9.17) is 0 Å². The second-order valence-electron chi connectivity index (χ2n) is 24.7. The zero-order valence-electron chi connectivity index (χ0n) is 57.7. The summed E-state index contributed by atoms with van der Waals surface area (Å²) in [6, 6.07) is 92.8. The summed E-state index contributed by atoms with van der Waals surface area (Å²) in [5, 5.41) is -0.214. The summed E-state index contributed by atoms with van der Waals surface area (Å²) < 4.78 is 243. The van der Waals surface area contributed by atoms with Crippen LogP contribution in [0.3, 0.4) is 0 Å². The van der Waals surface area contributed by atoms with E-state index in [9.17, 15) is 99.6 Å². The summed E-state index contributed by atoms with van der Waals surface area (Å²) in [5.41, 5.74) is -24.2. The Morgan fingerprint density at radius 2 is 0.565 bits per heavy atom. The van der Waals surface area contributed by atoms with Crippen molar-refractivity contribution in [2.24, 2.45) is 16.7 Å². The molecule has 13 nitrogen and oxygen atoms in total. The highest BCUT2D eigenvalue weighted by Crippen LogP contribution is 2.65. The third-order valence-corrected chi connectivity index (χ3v) is 32.5. The monoisotopic (exact) mass is 1660 g/mol. The van der Waals surface area contributed by atoms with E-state index in [0.717, 1.165) is 56.3 Å². The lowest BCUT2D eigenvalue weighted by molar-refractivity contribution is -0.129. The average molecular weight is 1660 g/mol. The van der Waals surface area contributed by atoms with E-state index < -0.39 is 80.2 Å². The predicted molar refractivity (Wildman–Crippen MR) is 394 cm³/mol. The number of rotatable bonds is 16. The van der Waals surface area contributed by atoms with Crippen molar-refractivity contribution in [1.29, 1.82) is 0 Å². The predicted octanol–water partition coefficient (Wildman–Crippen LogP) is 18.8. The van der Waals surface area contributed by atoms with Gasteiger partial charge in [-0.15, -0.1) is 0 Å². The number of fused-ring (bicyclic) bond motifs is 2. The molecule has 9 aromatic carbocycles. The lowest BCUT2D eigenvalue weighted by Gasteiger charge is -2.35. The number of benzene rings is 9. The number of hydrogen-bond acceptors (Lipinski definition) is 11. The molecule has 108 heavy (non-hydrogen) atoms. The molecule has 0 aliphatic heterocycles. The summed E-state index contributed by atoms with van der Waals surface area (Å²) in [6.45, 7) is 6.76. The van der Waals surface area contributed by atoms with E-state index in [-0.39, 0.29) is 43.3 Å². The standard InChI is InChI=1S/C24H25O2S2.2C18H15S.C11H18O.2C2HF6NO4S2/c25-28(26,23-14-8-3-9-15-23)24-18-16-22(17-19-24)27(20-10-4-1-5-11-20)21-12-6-2-7-13-21;2*1-4-10-16(11-5-1)19(17-12-6-2-7-13-17)18-14-8-3-9-15-18;1-4-11-6-5-8(7-9(11)12)10(11,2)3;2*3-1(4,5)14(10,11)9-15(12,13)2(6,7)8/h1-2,4-7,10-13,16-19,23H,3,8-9,14-15H2;2*1-15H;8H,4-7H2,1-3H3;2*9H/q3*+1;;;. The van der Waals surface area contributed by atoms with Gasteiger partial charge in [0.05, 0.1) is 42.8 Å². The van der Waals surface area contributed by atoms with Crippen molar-refractivity contribution >= 4 is 88.4 Å². The maximum atomic E-state index is 13.0. The summed E-state index contributed by atoms with van der Waals surface area (Å²) in [4.78, 5) is 24.0. The fourth-order valence-electron chi connectivity index (χ4n) is 12.1. The Morgan fingerprint density at radius 3 is 0.741 bits per heavy atom. The largest absolute Gasteiger partial charge is 0.512 e. The van der Waals surface area contributed by atoms with Crippen LogP contribution in [0.25, 0.3) is 0 Å².